The Morgan fingerprint density at radius 1 is 1.17 bits per heavy atom. The zero-order valence-electron chi connectivity index (χ0n) is 11.3. The molecule has 0 bridgehead atoms. The van der Waals surface area contributed by atoms with Crippen molar-refractivity contribution < 1.29 is 4.79 Å². The molecule has 1 N–H and O–H groups in total. The average Bonchev–Trinajstić information content (AvgIpc) is 2.46. The van der Waals surface area contributed by atoms with Gasteiger partial charge in [0.05, 0.1) is 15.6 Å². The van der Waals surface area contributed by atoms with E-state index in [-0.39, 0.29) is 10.6 Å². The second-order valence-electron chi connectivity index (χ2n) is 4.31. The summed E-state index contributed by atoms with van der Waals surface area (Å²) in [4.78, 5) is 16.5. The number of carbonyl (C=O) groups excluding carboxylic acids is 1. The van der Waals surface area contributed by atoms with E-state index in [1.807, 2.05) is 0 Å². The lowest BCUT2D eigenvalue weighted by Gasteiger charge is -2.24. The molecule has 122 valence electrons. The number of hydrogen-bond donors (Lipinski definition) is 1. The molecule has 3 nitrogen and oxygen atoms in total. The van der Waals surface area contributed by atoms with E-state index in [1.165, 1.54) is 12.1 Å². The van der Waals surface area contributed by atoms with Crippen molar-refractivity contribution in [2.24, 2.45) is 0 Å². The first-order chi connectivity index (χ1) is 10.8. The maximum absolute atomic E-state index is 12.4. The van der Waals surface area contributed by atoms with Crippen LogP contribution < -0.4 is 5.32 Å². The van der Waals surface area contributed by atoms with Crippen LogP contribution in [0.3, 0.4) is 0 Å². The van der Waals surface area contributed by atoms with Crippen LogP contribution in [0.1, 0.15) is 10.4 Å². The highest BCUT2D eigenvalue weighted by atomic mass is 35.6. The maximum atomic E-state index is 12.4. The zero-order valence-corrected chi connectivity index (χ0v) is 15.9. The SMILES string of the molecule is O=C(N[C@H](Sc1ccccn1)C(Cl)(Cl)Cl)c1ccc(Cl)cc1Cl. The number of benzene rings is 1. The Morgan fingerprint density at radius 2 is 1.91 bits per heavy atom. The van der Waals surface area contributed by atoms with Gasteiger partial charge >= 0.3 is 0 Å². The normalized spacial score (nSPS) is 12.7. The topological polar surface area (TPSA) is 42.0 Å². The number of carbonyl (C=O) groups is 1. The van der Waals surface area contributed by atoms with Crippen LogP contribution in [0.4, 0.5) is 0 Å². The Kier molecular flexibility index (Phi) is 6.72. The summed E-state index contributed by atoms with van der Waals surface area (Å²) in [5.74, 6) is -0.480. The standard InChI is InChI=1S/C14H9Cl5N2OS/c15-8-4-5-9(10(16)7-8)12(22)21-13(14(17,18)19)23-11-3-1-2-6-20-11/h1-7,13H,(H,21,22)/t13-/m1/s1. The van der Waals surface area contributed by atoms with E-state index < -0.39 is 15.1 Å². The van der Waals surface area contributed by atoms with Gasteiger partial charge in [-0.25, -0.2) is 4.98 Å². The molecule has 1 amide bonds. The molecule has 0 radical (unpaired) electrons. The Labute approximate surface area is 162 Å². The number of nitrogens with one attached hydrogen (secondary N) is 1. The van der Waals surface area contributed by atoms with Gasteiger partial charge in [-0.2, -0.15) is 0 Å². The fraction of sp³-hybridized carbons (Fsp3) is 0.143. The predicted octanol–water partition coefficient (Wildman–Crippen LogP) is 5.61. The van der Waals surface area contributed by atoms with Crippen molar-refractivity contribution in [2.45, 2.75) is 14.2 Å². The van der Waals surface area contributed by atoms with Gasteiger partial charge in [-0.05, 0) is 30.3 Å². The van der Waals surface area contributed by atoms with Crippen molar-refractivity contribution in [2.75, 3.05) is 0 Å². The fourth-order valence-electron chi connectivity index (χ4n) is 1.59. The Balaban J connectivity index is 2.19. The third-order valence-corrected chi connectivity index (χ3v) is 5.39. The van der Waals surface area contributed by atoms with E-state index in [2.05, 4.69) is 10.3 Å². The van der Waals surface area contributed by atoms with E-state index in [0.29, 0.717) is 10.0 Å². The number of amides is 1. The molecule has 1 atom stereocenters. The number of alkyl halides is 3. The molecule has 2 aromatic rings. The van der Waals surface area contributed by atoms with Gasteiger partial charge in [-0.15, -0.1) is 0 Å². The summed E-state index contributed by atoms with van der Waals surface area (Å²) in [6.45, 7) is 0. The molecular weight excluding hydrogens is 421 g/mol. The van der Waals surface area contributed by atoms with Gasteiger partial charge in [0, 0.05) is 11.2 Å². The lowest BCUT2D eigenvalue weighted by molar-refractivity contribution is 0.0950. The predicted molar refractivity (Wildman–Crippen MR) is 98.1 cm³/mol. The van der Waals surface area contributed by atoms with E-state index >= 15 is 0 Å². The number of aromatic nitrogens is 1. The van der Waals surface area contributed by atoms with Crippen LogP contribution in [-0.2, 0) is 0 Å². The smallest absolute Gasteiger partial charge is 0.253 e. The quantitative estimate of drug-likeness (QED) is 0.390. The molecule has 1 aromatic carbocycles. The van der Waals surface area contributed by atoms with Gasteiger partial charge in [0.15, 0.2) is 0 Å². The van der Waals surface area contributed by atoms with Crippen LogP contribution in [0.25, 0.3) is 0 Å². The van der Waals surface area contributed by atoms with Crippen molar-refractivity contribution in [3.05, 3.63) is 58.2 Å². The number of pyridine rings is 1. The van der Waals surface area contributed by atoms with Crippen molar-refractivity contribution in [3.8, 4) is 0 Å². The molecule has 0 aliphatic heterocycles. The number of thioether (sulfide) groups is 1. The molecule has 1 aromatic heterocycles. The fourth-order valence-corrected chi connectivity index (χ4v) is 3.46. The lowest BCUT2D eigenvalue weighted by atomic mass is 10.2. The van der Waals surface area contributed by atoms with Crippen molar-refractivity contribution in [1.29, 1.82) is 0 Å². The van der Waals surface area contributed by atoms with Crippen molar-refractivity contribution in [1.82, 2.24) is 10.3 Å². The molecule has 23 heavy (non-hydrogen) atoms. The largest absolute Gasteiger partial charge is 0.336 e. The number of hydrogen-bond acceptors (Lipinski definition) is 3. The van der Waals surface area contributed by atoms with E-state index in [4.69, 9.17) is 58.0 Å². The molecule has 1 heterocycles. The first-order valence-corrected chi connectivity index (χ1v) is 8.94. The maximum Gasteiger partial charge on any atom is 0.253 e. The van der Waals surface area contributed by atoms with E-state index in [0.717, 1.165) is 11.8 Å². The summed E-state index contributed by atoms with van der Waals surface area (Å²) in [5.41, 5.74) is 0.233. The van der Waals surface area contributed by atoms with E-state index in [9.17, 15) is 4.79 Å². The third kappa shape index (κ3) is 5.59. The van der Waals surface area contributed by atoms with Crippen LogP contribution in [-0.4, -0.2) is 20.1 Å². The molecule has 0 spiro atoms. The van der Waals surface area contributed by atoms with Gasteiger partial charge in [0.2, 0.25) is 3.79 Å². The Hall–Kier alpha value is -0.360. The molecule has 0 saturated heterocycles. The monoisotopic (exact) mass is 428 g/mol. The molecular formula is C14H9Cl5N2OS. The molecule has 0 unspecified atom stereocenters. The summed E-state index contributed by atoms with van der Waals surface area (Å²) in [6.07, 6.45) is 1.61. The third-order valence-electron chi connectivity index (χ3n) is 2.61. The lowest BCUT2D eigenvalue weighted by Crippen LogP contribution is -2.41. The van der Waals surface area contributed by atoms with Crippen LogP contribution in [0, 0.1) is 0 Å². The molecule has 9 heteroatoms. The molecule has 0 aliphatic carbocycles. The highest BCUT2D eigenvalue weighted by molar-refractivity contribution is 8.00. The van der Waals surface area contributed by atoms with E-state index in [1.54, 1.807) is 30.5 Å². The molecule has 0 fully saturated rings. The second kappa shape index (κ2) is 8.15. The minimum atomic E-state index is -1.74. The zero-order chi connectivity index (χ0) is 17.0. The van der Waals surface area contributed by atoms with Crippen LogP contribution in [0.15, 0.2) is 47.6 Å². The highest BCUT2D eigenvalue weighted by Crippen LogP contribution is 2.39. The van der Waals surface area contributed by atoms with Gasteiger partial charge in [0.1, 0.15) is 5.37 Å². The first kappa shape index (κ1) is 19.0. The summed E-state index contributed by atoms with van der Waals surface area (Å²) in [5, 5.41) is 3.02. The molecule has 2 rings (SSSR count). The molecule has 0 saturated carbocycles. The van der Waals surface area contributed by atoms with Gasteiger partial charge in [-0.1, -0.05) is 75.8 Å². The van der Waals surface area contributed by atoms with Crippen molar-refractivity contribution >= 4 is 75.7 Å². The van der Waals surface area contributed by atoms with Gasteiger partial charge in [-0.3, -0.25) is 4.79 Å². The minimum Gasteiger partial charge on any atom is -0.336 e. The van der Waals surface area contributed by atoms with Gasteiger partial charge in [0.25, 0.3) is 5.91 Å². The van der Waals surface area contributed by atoms with Crippen LogP contribution in [0.5, 0.6) is 0 Å². The summed E-state index contributed by atoms with van der Waals surface area (Å²) in [6, 6.07) is 9.83. The summed E-state index contributed by atoms with van der Waals surface area (Å²) >= 11 is 30.8. The minimum absolute atomic E-state index is 0.209. The van der Waals surface area contributed by atoms with Crippen LogP contribution >= 0.6 is 69.8 Å². The summed E-state index contributed by atoms with van der Waals surface area (Å²) in [7, 11) is 0. The summed E-state index contributed by atoms with van der Waals surface area (Å²) < 4.78 is -1.74. The first-order valence-electron chi connectivity index (χ1n) is 6.17. The number of rotatable bonds is 4. The van der Waals surface area contributed by atoms with Gasteiger partial charge < -0.3 is 5.32 Å². The average molecular weight is 431 g/mol. The number of nitrogens with zero attached hydrogens (tertiary/aromatic N) is 1. The van der Waals surface area contributed by atoms with Crippen molar-refractivity contribution in [3.63, 3.8) is 0 Å². The van der Waals surface area contributed by atoms with Crippen LogP contribution in [0.2, 0.25) is 10.0 Å². The Bertz CT molecular complexity index is 693. The Morgan fingerprint density at radius 3 is 2.48 bits per heavy atom. The molecule has 0 aliphatic rings. The highest BCUT2D eigenvalue weighted by Gasteiger charge is 2.35. The number of halogens is 5. The second-order valence-corrected chi connectivity index (χ2v) is 8.64.